The van der Waals surface area contributed by atoms with Gasteiger partial charge in [-0.2, -0.15) is 4.31 Å². The molecule has 1 aromatic carbocycles. The molecule has 0 saturated carbocycles. The number of nitro groups is 1. The first-order valence-electron chi connectivity index (χ1n) is 5.65. The number of non-ortho nitro benzene ring substituents is 1. The molecule has 1 aliphatic heterocycles. The van der Waals surface area contributed by atoms with E-state index >= 15 is 0 Å². The lowest BCUT2D eigenvalue weighted by Gasteiger charge is -2.12. The van der Waals surface area contributed by atoms with E-state index in [1.54, 1.807) is 0 Å². The average Bonchev–Trinajstić information content (AvgIpc) is 2.69. The number of nitrogens with zero attached hydrogens (tertiary/aromatic N) is 2. The SMILES string of the molecule is O=C(CN1CCCS1(=O)=O)c1ccc([N+](=O)[O-])cc1. The van der Waals surface area contributed by atoms with Crippen molar-refractivity contribution in [3.8, 4) is 0 Å². The van der Waals surface area contributed by atoms with Gasteiger partial charge in [-0.15, -0.1) is 0 Å². The number of carbonyl (C=O) groups is 1. The Bertz CT molecular complexity index is 608. The van der Waals surface area contributed by atoms with E-state index in [-0.39, 0.29) is 29.3 Å². The lowest BCUT2D eigenvalue weighted by atomic mass is 10.1. The molecule has 0 spiro atoms. The van der Waals surface area contributed by atoms with Gasteiger partial charge in [0.25, 0.3) is 5.69 Å². The highest BCUT2D eigenvalue weighted by atomic mass is 32.2. The van der Waals surface area contributed by atoms with Crippen LogP contribution in [0.5, 0.6) is 0 Å². The second-order valence-corrected chi connectivity index (χ2v) is 6.32. The largest absolute Gasteiger partial charge is 0.293 e. The zero-order valence-electron chi connectivity index (χ0n) is 9.98. The topological polar surface area (TPSA) is 97.6 Å². The summed E-state index contributed by atoms with van der Waals surface area (Å²) in [5.41, 5.74) is 0.165. The minimum atomic E-state index is -3.31. The van der Waals surface area contributed by atoms with Crippen LogP contribution >= 0.6 is 0 Å². The van der Waals surface area contributed by atoms with Crippen LogP contribution in [-0.4, -0.2) is 42.3 Å². The van der Waals surface area contributed by atoms with Gasteiger partial charge in [-0.3, -0.25) is 14.9 Å². The molecule has 1 aliphatic rings. The van der Waals surface area contributed by atoms with Gasteiger partial charge in [-0.05, 0) is 18.6 Å². The van der Waals surface area contributed by atoms with E-state index in [0.29, 0.717) is 13.0 Å². The third-order valence-corrected chi connectivity index (χ3v) is 4.83. The number of sulfonamides is 1. The monoisotopic (exact) mass is 284 g/mol. The van der Waals surface area contributed by atoms with Crippen molar-refractivity contribution in [1.82, 2.24) is 4.31 Å². The fourth-order valence-corrected chi connectivity index (χ4v) is 3.36. The van der Waals surface area contributed by atoms with E-state index < -0.39 is 14.9 Å². The van der Waals surface area contributed by atoms with E-state index in [1.165, 1.54) is 24.3 Å². The summed E-state index contributed by atoms with van der Waals surface area (Å²) < 4.78 is 24.3. The lowest BCUT2D eigenvalue weighted by Crippen LogP contribution is -2.31. The number of rotatable bonds is 4. The fourth-order valence-electron chi connectivity index (χ4n) is 1.89. The smallest absolute Gasteiger partial charge is 0.269 e. The van der Waals surface area contributed by atoms with Crippen molar-refractivity contribution in [2.75, 3.05) is 18.8 Å². The van der Waals surface area contributed by atoms with Gasteiger partial charge in [0.1, 0.15) is 0 Å². The summed E-state index contributed by atoms with van der Waals surface area (Å²) in [4.78, 5) is 21.8. The molecule has 0 aliphatic carbocycles. The van der Waals surface area contributed by atoms with Gasteiger partial charge in [0.15, 0.2) is 5.78 Å². The summed E-state index contributed by atoms with van der Waals surface area (Å²) in [6, 6.07) is 5.13. The first kappa shape index (κ1) is 13.6. The van der Waals surface area contributed by atoms with Crippen molar-refractivity contribution in [3.63, 3.8) is 0 Å². The third-order valence-electron chi connectivity index (χ3n) is 2.92. The summed E-state index contributed by atoms with van der Waals surface area (Å²) in [5.74, 6) is -0.291. The number of carbonyl (C=O) groups excluding carboxylic acids is 1. The Hall–Kier alpha value is -1.80. The summed E-state index contributed by atoms with van der Waals surface area (Å²) in [6.45, 7) is 0.140. The zero-order chi connectivity index (χ0) is 14.0. The normalized spacial score (nSPS) is 18.3. The van der Waals surface area contributed by atoms with Crippen molar-refractivity contribution in [1.29, 1.82) is 0 Å². The Balaban J connectivity index is 2.10. The van der Waals surface area contributed by atoms with Crippen molar-refractivity contribution in [2.24, 2.45) is 0 Å². The van der Waals surface area contributed by atoms with Gasteiger partial charge in [0.05, 0.1) is 17.2 Å². The second-order valence-electron chi connectivity index (χ2n) is 4.23. The molecule has 7 nitrogen and oxygen atoms in total. The van der Waals surface area contributed by atoms with E-state index in [4.69, 9.17) is 0 Å². The van der Waals surface area contributed by atoms with Crippen LogP contribution < -0.4 is 0 Å². The molecule has 0 N–H and O–H groups in total. The maximum absolute atomic E-state index is 11.9. The van der Waals surface area contributed by atoms with Crippen molar-refractivity contribution in [2.45, 2.75) is 6.42 Å². The van der Waals surface area contributed by atoms with Crippen molar-refractivity contribution < 1.29 is 18.1 Å². The van der Waals surface area contributed by atoms with Crippen LogP contribution in [0.2, 0.25) is 0 Å². The number of hydrogen-bond donors (Lipinski definition) is 0. The van der Waals surface area contributed by atoms with Crippen molar-refractivity contribution in [3.05, 3.63) is 39.9 Å². The van der Waals surface area contributed by atoms with Crippen LogP contribution in [0.15, 0.2) is 24.3 Å². The minimum Gasteiger partial charge on any atom is -0.293 e. The van der Waals surface area contributed by atoms with E-state index in [2.05, 4.69) is 0 Å². The molecule has 0 unspecified atom stereocenters. The molecule has 0 bridgehead atoms. The van der Waals surface area contributed by atoms with Crippen LogP contribution in [0.3, 0.4) is 0 Å². The average molecular weight is 284 g/mol. The predicted molar refractivity (Wildman–Crippen MR) is 67.4 cm³/mol. The molecule has 102 valence electrons. The zero-order valence-corrected chi connectivity index (χ0v) is 10.8. The Morgan fingerprint density at radius 1 is 1.32 bits per heavy atom. The minimum absolute atomic E-state index is 0.0700. The molecule has 19 heavy (non-hydrogen) atoms. The predicted octanol–water partition coefficient (Wildman–Crippen LogP) is 0.813. The number of ketones is 1. The summed E-state index contributed by atoms with van der Waals surface area (Å²) in [5, 5.41) is 10.5. The molecular formula is C11H12N2O5S. The van der Waals surface area contributed by atoms with E-state index in [0.717, 1.165) is 4.31 Å². The quantitative estimate of drug-likeness (QED) is 0.463. The first-order chi connectivity index (χ1) is 8.90. The van der Waals surface area contributed by atoms with E-state index in [1.807, 2.05) is 0 Å². The molecule has 1 fully saturated rings. The van der Waals surface area contributed by atoms with Gasteiger partial charge in [-0.1, -0.05) is 0 Å². The van der Waals surface area contributed by atoms with Crippen LogP contribution in [-0.2, 0) is 10.0 Å². The summed E-state index contributed by atoms with van der Waals surface area (Å²) >= 11 is 0. The maximum atomic E-state index is 11.9. The Labute approximate surface area is 110 Å². The van der Waals surface area contributed by atoms with Crippen LogP contribution in [0.4, 0.5) is 5.69 Å². The van der Waals surface area contributed by atoms with Gasteiger partial charge in [0, 0.05) is 24.2 Å². The highest BCUT2D eigenvalue weighted by molar-refractivity contribution is 7.89. The number of hydrogen-bond acceptors (Lipinski definition) is 5. The molecule has 0 amide bonds. The van der Waals surface area contributed by atoms with Gasteiger partial charge < -0.3 is 0 Å². The molecule has 1 saturated heterocycles. The van der Waals surface area contributed by atoms with Gasteiger partial charge in [-0.25, -0.2) is 8.42 Å². The third kappa shape index (κ3) is 2.96. The molecule has 1 aromatic rings. The van der Waals surface area contributed by atoms with Crippen LogP contribution in [0.1, 0.15) is 16.8 Å². The molecular weight excluding hydrogens is 272 g/mol. The highest BCUT2D eigenvalue weighted by Gasteiger charge is 2.30. The molecule has 0 atom stereocenters. The lowest BCUT2D eigenvalue weighted by molar-refractivity contribution is -0.384. The van der Waals surface area contributed by atoms with E-state index in [9.17, 15) is 23.3 Å². The Kier molecular flexibility index (Phi) is 3.63. The van der Waals surface area contributed by atoms with Crippen LogP contribution in [0.25, 0.3) is 0 Å². The Morgan fingerprint density at radius 2 is 1.95 bits per heavy atom. The molecule has 0 aromatic heterocycles. The van der Waals surface area contributed by atoms with Crippen molar-refractivity contribution >= 4 is 21.5 Å². The fraction of sp³-hybridized carbons (Fsp3) is 0.364. The summed E-state index contributed by atoms with van der Waals surface area (Å²) in [7, 11) is -3.31. The van der Waals surface area contributed by atoms with Gasteiger partial charge >= 0.3 is 0 Å². The maximum Gasteiger partial charge on any atom is 0.269 e. The molecule has 2 rings (SSSR count). The number of nitro benzene ring substituents is 1. The Morgan fingerprint density at radius 3 is 2.42 bits per heavy atom. The highest BCUT2D eigenvalue weighted by Crippen LogP contribution is 2.16. The summed E-state index contributed by atoms with van der Waals surface area (Å²) in [6.07, 6.45) is 0.524. The standard InChI is InChI=1S/C11H12N2O5S/c14-11(8-12-6-1-7-19(12,17)18)9-2-4-10(5-3-9)13(15)16/h2-5H,1,6-8H2. The molecule has 1 heterocycles. The van der Waals surface area contributed by atoms with Gasteiger partial charge in [0.2, 0.25) is 10.0 Å². The number of benzene rings is 1. The molecule has 0 radical (unpaired) electrons. The van der Waals surface area contributed by atoms with Crippen LogP contribution in [0, 0.1) is 10.1 Å². The first-order valence-corrected chi connectivity index (χ1v) is 7.26. The molecule has 8 heteroatoms. The second kappa shape index (κ2) is 5.06. The number of Topliss-reactive ketones (excluding diaryl/α,β-unsaturated/α-hetero) is 1.